The second-order valence-corrected chi connectivity index (χ2v) is 6.54. The maximum atomic E-state index is 12.5. The number of rotatable bonds is 6. The second kappa shape index (κ2) is 8.77. The van der Waals surface area contributed by atoms with Gasteiger partial charge in [-0.15, -0.1) is 0 Å². The number of hydrogen-bond acceptors (Lipinski definition) is 5. The first-order valence-electron chi connectivity index (χ1n) is 8.65. The summed E-state index contributed by atoms with van der Waals surface area (Å²) in [5, 5.41) is 0.714. The van der Waals surface area contributed by atoms with E-state index in [4.69, 9.17) is 21.1 Å². The van der Waals surface area contributed by atoms with Crippen LogP contribution in [0.4, 0.5) is 5.69 Å². The third-order valence-electron chi connectivity index (χ3n) is 4.50. The maximum absolute atomic E-state index is 12.5. The van der Waals surface area contributed by atoms with E-state index in [0.29, 0.717) is 48.3 Å². The zero-order chi connectivity index (χ0) is 19.2. The molecule has 1 aliphatic heterocycles. The Morgan fingerprint density at radius 2 is 1.85 bits per heavy atom. The lowest BCUT2D eigenvalue weighted by Gasteiger charge is -2.36. The molecule has 1 amide bonds. The van der Waals surface area contributed by atoms with Crippen molar-refractivity contribution in [3.8, 4) is 11.5 Å². The minimum Gasteiger partial charge on any atom is -0.493 e. The predicted octanol–water partition coefficient (Wildman–Crippen LogP) is 2.89. The number of aldehydes is 1. The number of carbonyl (C=O) groups excluding carboxylic acids is 2. The Morgan fingerprint density at radius 3 is 2.52 bits per heavy atom. The van der Waals surface area contributed by atoms with Crippen LogP contribution in [0, 0.1) is 0 Å². The maximum Gasteiger partial charge on any atom is 0.260 e. The molecular weight excluding hydrogens is 368 g/mol. The van der Waals surface area contributed by atoms with Gasteiger partial charge in [-0.05, 0) is 30.3 Å². The molecule has 0 bridgehead atoms. The molecule has 27 heavy (non-hydrogen) atoms. The molecule has 1 fully saturated rings. The average Bonchev–Trinajstić information content (AvgIpc) is 2.72. The number of piperazine rings is 1. The number of ether oxygens (including phenoxy) is 2. The SMILES string of the molecule is COc1cc(C=O)ccc1OCC(=O)N1CCN(c2ccccc2Cl)CC1. The molecule has 0 aliphatic carbocycles. The average molecular weight is 389 g/mol. The Balaban J connectivity index is 1.54. The van der Waals surface area contributed by atoms with Gasteiger partial charge in [-0.2, -0.15) is 0 Å². The fourth-order valence-electron chi connectivity index (χ4n) is 3.01. The molecule has 0 N–H and O–H groups in total. The van der Waals surface area contributed by atoms with Gasteiger partial charge in [0.25, 0.3) is 5.91 Å². The summed E-state index contributed by atoms with van der Waals surface area (Å²) < 4.78 is 10.8. The summed E-state index contributed by atoms with van der Waals surface area (Å²) in [5.41, 5.74) is 1.48. The number of benzene rings is 2. The number of halogens is 1. The second-order valence-electron chi connectivity index (χ2n) is 6.14. The first-order valence-corrected chi connectivity index (χ1v) is 9.03. The Labute approximate surface area is 163 Å². The number of hydrogen-bond donors (Lipinski definition) is 0. The van der Waals surface area contributed by atoms with Crippen molar-refractivity contribution in [2.24, 2.45) is 0 Å². The van der Waals surface area contributed by atoms with Gasteiger partial charge in [-0.25, -0.2) is 0 Å². The van der Waals surface area contributed by atoms with Crippen molar-refractivity contribution < 1.29 is 19.1 Å². The minimum atomic E-state index is -0.0877. The molecule has 0 saturated carbocycles. The monoisotopic (exact) mass is 388 g/mol. The van der Waals surface area contributed by atoms with E-state index in [1.54, 1.807) is 23.1 Å². The van der Waals surface area contributed by atoms with Crippen molar-refractivity contribution in [1.82, 2.24) is 4.90 Å². The van der Waals surface area contributed by atoms with Gasteiger partial charge in [0.05, 0.1) is 17.8 Å². The first-order chi connectivity index (χ1) is 13.1. The lowest BCUT2D eigenvalue weighted by atomic mass is 10.2. The van der Waals surface area contributed by atoms with E-state index in [-0.39, 0.29) is 12.5 Å². The summed E-state index contributed by atoms with van der Waals surface area (Å²) in [5.74, 6) is 0.775. The molecule has 7 heteroatoms. The van der Waals surface area contributed by atoms with Crippen molar-refractivity contribution in [3.63, 3.8) is 0 Å². The van der Waals surface area contributed by atoms with Gasteiger partial charge >= 0.3 is 0 Å². The topological polar surface area (TPSA) is 59.1 Å². The molecule has 0 spiro atoms. The van der Waals surface area contributed by atoms with Gasteiger partial charge in [0, 0.05) is 31.7 Å². The number of anilines is 1. The first kappa shape index (κ1) is 19.0. The fraction of sp³-hybridized carbons (Fsp3) is 0.300. The van der Waals surface area contributed by atoms with E-state index >= 15 is 0 Å². The third kappa shape index (κ3) is 4.52. The molecule has 142 valence electrons. The normalized spacial score (nSPS) is 14.0. The van der Waals surface area contributed by atoms with Crippen LogP contribution in [-0.2, 0) is 4.79 Å². The lowest BCUT2D eigenvalue weighted by molar-refractivity contribution is -0.133. The van der Waals surface area contributed by atoms with Crippen LogP contribution in [0.25, 0.3) is 0 Å². The summed E-state index contributed by atoms with van der Waals surface area (Å²) in [6.45, 7) is 2.56. The molecule has 1 aliphatic rings. The molecule has 1 saturated heterocycles. The third-order valence-corrected chi connectivity index (χ3v) is 4.82. The highest BCUT2D eigenvalue weighted by atomic mass is 35.5. The summed E-state index contributed by atoms with van der Waals surface area (Å²) in [6.07, 6.45) is 0.732. The van der Waals surface area contributed by atoms with Crippen LogP contribution in [0.5, 0.6) is 11.5 Å². The largest absolute Gasteiger partial charge is 0.493 e. The van der Waals surface area contributed by atoms with Crippen molar-refractivity contribution in [2.45, 2.75) is 0 Å². The minimum absolute atomic E-state index is 0.0805. The van der Waals surface area contributed by atoms with Gasteiger partial charge in [0.15, 0.2) is 18.1 Å². The van der Waals surface area contributed by atoms with Crippen LogP contribution in [0.1, 0.15) is 10.4 Å². The molecule has 0 radical (unpaired) electrons. The standard InChI is InChI=1S/C20H21ClN2O4/c1-26-19-12-15(13-24)6-7-18(19)27-14-20(25)23-10-8-22(9-11-23)17-5-3-2-4-16(17)21/h2-7,12-13H,8-11,14H2,1H3. The van der Waals surface area contributed by atoms with E-state index in [1.165, 1.54) is 7.11 Å². The van der Waals surface area contributed by atoms with Gasteiger partial charge in [0.1, 0.15) is 6.29 Å². The molecular formula is C20H21ClN2O4. The van der Waals surface area contributed by atoms with E-state index in [1.807, 2.05) is 24.3 Å². The highest BCUT2D eigenvalue weighted by molar-refractivity contribution is 6.33. The zero-order valence-corrected chi connectivity index (χ0v) is 15.8. The summed E-state index contributed by atoms with van der Waals surface area (Å²) in [7, 11) is 1.49. The van der Waals surface area contributed by atoms with E-state index in [0.717, 1.165) is 12.0 Å². The van der Waals surface area contributed by atoms with Gasteiger partial charge in [0.2, 0.25) is 0 Å². The van der Waals surface area contributed by atoms with E-state index < -0.39 is 0 Å². The molecule has 1 heterocycles. The van der Waals surface area contributed by atoms with Crippen LogP contribution < -0.4 is 14.4 Å². The number of amides is 1. The number of nitrogens with zero attached hydrogens (tertiary/aromatic N) is 2. The molecule has 6 nitrogen and oxygen atoms in total. The highest BCUT2D eigenvalue weighted by Gasteiger charge is 2.23. The molecule has 2 aromatic rings. The Morgan fingerprint density at radius 1 is 1.11 bits per heavy atom. The van der Waals surface area contributed by atoms with Gasteiger partial charge < -0.3 is 19.3 Å². The molecule has 0 aromatic heterocycles. The van der Waals surface area contributed by atoms with E-state index in [2.05, 4.69) is 4.90 Å². The highest BCUT2D eigenvalue weighted by Crippen LogP contribution is 2.28. The number of para-hydroxylation sites is 1. The number of carbonyl (C=O) groups is 2. The van der Waals surface area contributed by atoms with Crippen molar-refractivity contribution >= 4 is 29.5 Å². The summed E-state index contributed by atoms with van der Waals surface area (Å²) >= 11 is 6.25. The Hall–Kier alpha value is -2.73. The van der Waals surface area contributed by atoms with Crippen LogP contribution in [-0.4, -0.2) is 57.0 Å². The van der Waals surface area contributed by atoms with Crippen LogP contribution in [0.3, 0.4) is 0 Å². The molecule has 0 atom stereocenters. The quantitative estimate of drug-likeness (QED) is 0.712. The van der Waals surface area contributed by atoms with Gasteiger partial charge in [-0.1, -0.05) is 23.7 Å². The summed E-state index contributed by atoms with van der Waals surface area (Å²) in [6, 6.07) is 12.5. The zero-order valence-electron chi connectivity index (χ0n) is 15.1. The van der Waals surface area contributed by atoms with Crippen molar-refractivity contribution in [1.29, 1.82) is 0 Å². The van der Waals surface area contributed by atoms with Crippen molar-refractivity contribution in [2.75, 3.05) is 44.8 Å². The molecule has 3 rings (SSSR count). The van der Waals surface area contributed by atoms with E-state index in [9.17, 15) is 9.59 Å². The van der Waals surface area contributed by atoms with Crippen LogP contribution in [0.15, 0.2) is 42.5 Å². The predicted molar refractivity (Wildman–Crippen MR) is 104 cm³/mol. The summed E-state index contributed by atoms with van der Waals surface area (Å²) in [4.78, 5) is 27.3. The van der Waals surface area contributed by atoms with Gasteiger partial charge in [-0.3, -0.25) is 9.59 Å². The Bertz CT molecular complexity index is 819. The number of methoxy groups -OCH3 is 1. The van der Waals surface area contributed by atoms with Crippen LogP contribution >= 0.6 is 11.6 Å². The van der Waals surface area contributed by atoms with Crippen molar-refractivity contribution in [3.05, 3.63) is 53.1 Å². The lowest BCUT2D eigenvalue weighted by Crippen LogP contribution is -2.50. The van der Waals surface area contributed by atoms with Crippen LogP contribution in [0.2, 0.25) is 5.02 Å². The smallest absolute Gasteiger partial charge is 0.260 e. The fourth-order valence-corrected chi connectivity index (χ4v) is 3.27. The molecule has 2 aromatic carbocycles. The molecule has 0 unspecified atom stereocenters. The Kier molecular flexibility index (Phi) is 6.19.